The molecule has 70 valence electrons. The Morgan fingerprint density at radius 2 is 2.17 bits per heavy atom. The molecule has 0 fully saturated rings. The number of alkyl halides is 1. The fraction of sp³-hybridized carbons (Fsp3) is 0.625. The van der Waals surface area contributed by atoms with Crippen molar-refractivity contribution >= 4 is 17.6 Å². The minimum atomic E-state index is -0.624. The van der Waals surface area contributed by atoms with E-state index < -0.39 is 6.29 Å². The Balaban J connectivity index is 4.07. The highest BCUT2D eigenvalue weighted by molar-refractivity contribution is 6.19. The monoisotopic (exact) mass is 192 g/mol. The van der Waals surface area contributed by atoms with Crippen LogP contribution in [0.4, 0.5) is 0 Å². The van der Waals surface area contributed by atoms with E-state index in [-0.39, 0.29) is 5.97 Å². The molecule has 0 heterocycles. The number of hydrogen-bond acceptors (Lipinski definition) is 3. The third kappa shape index (κ3) is 5.16. The number of rotatable bonds is 4. The van der Waals surface area contributed by atoms with Gasteiger partial charge in [0.2, 0.25) is 6.29 Å². The second kappa shape index (κ2) is 6.03. The Hall–Kier alpha value is -0.540. The van der Waals surface area contributed by atoms with Crippen molar-refractivity contribution in [1.82, 2.24) is 0 Å². The average Bonchev–Trinajstić information content (AvgIpc) is 2.02. The molecule has 0 aromatic rings. The van der Waals surface area contributed by atoms with Crippen LogP contribution in [-0.4, -0.2) is 25.2 Å². The molecule has 0 saturated carbocycles. The fourth-order valence-corrected chi connectivity index (χ4v) is 0.680. The highest BCUT2D eigenvalue weighted by Gasteiger charge is 2.06. The Bertz CT molecular complexity index is 177. The zero-order valence-electron chi connectivity index (χ0n) is 7.46. The van der Waals surface area contributed by atoms with E-state index in [0.717, 1.165) is 5.57 Å². The van der Waals surface area contributed by atoms with Crippen molar-refractivity contribution in [3.63, 3.8) is 0 Å². The van der Waals surface area contributed by atoms with E-state index >= 15 is 0 Å². The van der Waals surface area contributed by atoms with Crippen LogP contribution in [0, 0.1) is 0 Å². The zero-order valence-corrected chi connectivity index (χ0v) is 8.22. The lowest BCUT2D eigenvalue weighted by atomic mass is 10.3. The number of esters is 1. The molecular weight excluding hydrogens is 180 g/mol. The van der Waals surface area contributed by atoms with E-state index in [1.807, 2.05) is 6.92 Å². The number of ether oxygens (including phenoxy) is 2. The van der Waals surface area contributed by atoms with Crippen LogP contribution in [0.5, 0.6) is 0 Å². The summed E-state index contributed by atoms with van der Waals surface area (Å²) < 4.78 is 9.63. The smallest absolute Gasteiger partial charge is 0.305 e. The second-order valence-electron chi connectivity index (χ2n) is 2.36. The number of halogens is 1. The predicted octanol–water partition coefficient (Wildman–Crippen LogP) is 1.71. The summed E-state index contributed by atoms with van der Waals surface area (Å²) in [6.07, 6.45) is 1.04. The minimum absolute atomic E-state index is 0.375. The lowest BCUT2D eigenvalue weighted by Gasteiger charge is -2.11. The normalized spacial score (nSPS) is 14.2. The lowest BCUT2D eigenvalue weighted by molar-refractivity contribution is -0.162. The highest BCUT2D eigenvalue weighted by atomic mass is 35.5. The third-order valence-electron chi connectivity index (χ3n) is 1.15. The van der Waals surface area contributed by atoms with Crippen molar-refractivity contribution in [3.05, 3.63) is 11.6 Å². The number of carbonyl (C=O) groups is 1. The van der Waals surface area contributed by atoms with Gasteiger partial charge in [0.25, 0.3) is 0 Å². The fourth-order valence-electron chi connectivity index (χ4n) is 0.591. The van der Waals surface area contributed by atoms with Gasteiger partial charge >= 0.3 is 5.97 Å². The first-order valence-corrected chi connectivity index (χ1v) is 4.07. The number of hydrogen-bond donors (Lipinski definition) is 0. The summed E-state index contributed by atoms with van der Waals surface area (Å²) in [6.45, 7) is 3.17. The summed E-state index contributed by atoms with van der Waals surface area (Å²) in [7, 11) is 1.46. The molecule has 4 heteroatoms. The highest BCUT2D eigenvalue weighted by Crippen LogP contribution is 2.03. The van der Waals surface area contributed by atoms with Gasteiger partial charge in [-0.15, -0.1) is 11.6 Å². The lowest BCUT2D eigenvalue weighted by Crippen LogP contribution is -2.16. The maximum atomic E-state index is 10.5. The molecule has 0 radical (unpaired) electrons. The van der Waals surface area contributed by atoms with Crippen molar-refractivity contribution in [1.29, 1.82) is 0 Å². The molecule has 0 N–H and O–H groups in total. The number of carbonyl (C=O) groups excluding carboxylic acids is 1. The summed E-state index contributed by atoms with van der Waals surface area (Å²) in [4.78, 5) is 10.5. The molecule has 0 amide bonds. The van der Waals surface area contributed by atoms with E-state index in [9.17, 15) is 4.79 Å². The maximum absolute atomic E-state index is 10.5. The van der Waals surface area contributed by atoms with Crippen molar-refractivity contribution < 1.29 is 14.3 Å². The largest absolute Gasteiger partial charge is 0.432 e. The summed E-state index contributed by atoms with van der Waals surface area (Å²) >= 11 is 5.53. The summed E-state index contributed by atoms with van der Waals surface area (Å²) in [5.41, 5.74) is 0.907. The van der Waals surface area contributed by atoms with Gasteiger partial charge in [0, 0.05) is 19.9 Å². The Morgan fingerprint density at radius 1 is 1.58 bits per heavy atom. The van der Waals surface area contributed by atoms with Crippen molar-refractivity contribution in [2.24, 2.45) is 0 Å². The molecule has 0 aromatic heterocycles. The number of methoxy groups -OCH3 is 1. The first kappa shape index (κ1) is 11.5. The van der Waals surface area contributed by atoms with E-state index in [1.165, 1.54) is 14.0 Å². The Labute approximate surface area is 77.3 Å². The molecular formula is C8H13ClO3. The zero-order chi connectivity index (χ0) is 9.56. The first-order chi connectivity index (χ1) is 5.60. The molecule has 0 aliphatic carbocycles. The SMILES string of the molecule is COC(/C=C(\C)CCl)OC(C)=O. The number of allylic oxidation sites excluding steroid dienone is 1. The molecule has 1 unspecified atom stereocenters. The molecule has 0 spiro atoms. The second-order valence-corrected chi connectivity index (χ2v) is 2.63. The van der Waals surface area contributed by atoms with Crippen LogP contribution in [0.15, 0.2) is 11.6 Å². The molecule has 0 aliphatic heterocycles. The van der Waals surface area contributed by atoms with Gasteiger partial charge in [0.15, 0.2) is 0 Å². The van der Waals surface area contributed by atoms with Gasteiger partial charge < -0.3 is 9.47 Å². The third-order valence-corrected chi connectivity index (χ3v) is 1.57. The Kier molecular flexibility index (Phi) is 5.76. The molecule has 0 bridgehead atoms. The van der Waals surface area contributed by atoms with E-state index in [1.54, 1.807) is 6.08 Å². The van der Waals surface area contributed by atoms with Gasteiger partial charge in [-0.1, -0.05) is 5.57 Å². The molecule has 12 heavy (non-hydrogen) atoms. The van der Waals surface area contributed by atoms with Crippen LogP contribution in [0.2, 0.25) is 0 Å². The molecule has 0 saturated heterocycles. The van der Waals surface area contributed by atoms with Gasteiger partial charge in [-0.3, -0.25) is 4.79 Å². The van der Waals surface area contributed by atoms with Crippen LogP contribution < -0.4 is 0 Å². The molecule has 3 nitrogen and oxygen atoms in total. The molecule has 0 rings (SSSR count). The van der Waals surface area contributed by atoms with Crippen molar-refractivity contribution in [2.75, 3.05) is 13.0 Å². The molecule has 0 aromatic carbocycles. The van der Waals surface area contributed by atoms with E-state index in [2.05, 4.69) is 0 Å². The van der Waals surface area contributed by atoms with Gasteiger partial charge in [0.05, 0.1) is 0 Å². The summed E-state index contributed by atoms with van der Waals surface area (Å²) in [5.74, 6) is 0.0293. The topological polar surface area (TPSA) is 35.5 Å². The van der Waals surface area contributed by atoms with E-state index in [4.69, 9.17) is 21.1 Å². The Morgan fingerprint density at radius 3 is 2.50 bits per heavy atom. The standard InChI is InChI=1S/C8H13ClO3/c1-6(5-9)4-8(11-3)12-7(2)10/h4,8H,5H2,1-3H3/b6-4+. The van der Waals surface area contributed by atoms with Gasteiger partial charge in [-0.25, -0.2) is 0 Å². The van der Waals surface area contributed by atoms with Crippen molar-refractivity contribution in [3.8, 4) is 0 Å². The first-order valence-electron chi connectivity index (χ1n) is 3.53. The van der Waals surface area contributed by atoms with Crippen molar-refractivity contribution in [2.45, 2.75) is 20.1 Å². The quantitative estimate of drug-likeness (QED) is 0.295. The molecule has 1 atom stereocenters. The van der Waals surface area contributed by atoms with Crippen LogP contribution >= 0.6 is 11.6 Å². The predicted molar refractivity (Wildman–Crippen MR) is 47.0 cm³/mol. The molecule has 0 aliphatic rings. The summed E-state index contributed by atoms with van der Waals surface area (Å²) in [5, 5.41) is 0. The van der Waals surface area contributed by atoms with Crippen LogP contribution in [0.25, 0.3) is 0 Å². The van der Waals surface area contributed by atoms with E-state index in [0.29, 0.717) is 5.88 Å². The van der Waals surface area contributed by atoms with Crippen LogP contribution in [-0.2, 0) is 14.3 Å². The summed E-state index contributed by atoms with van der Waals surface area (Å²) in [6, 6.07) is 0. The average molecular weight is 193 g/mol. The maximum Gasteiger partial charge on any atom is 0.305 e. The van der Waals surface area contributed by atoms with Gasteiger partial charge in [-0.05, 0) is 13.0 Å². The van der Waals surface area contributed by atoms with Gasteiger partial charge in [0.1, 0.15) is 0 Å². The van der Waals surface area contributed by atoms with Crippen LogP contribution in [0.3, 0.4) is 0 Å². The van der Waals surface area contributed by atoms with Crippen LogP contribution in [0.1, 0.15) is 13.8 Å². The minimum Gasteiger partial charge on any atom is -0.432 e. The van der Waals surface area contributed by atoms with Gasteiger partial charge in [-0.2, -0.15) is 0 Å².